The van der Waals surface area contributed by atoms with Gasteiger partial charge in [0.1, 0.15) is 6.04 Å². The zero-order valence-electron chi connectivity index (χ0n) is 15.0. The molecule has 3 rings (SSSR count). The summed E-state index contributed by atoms with van der Waals surface area (Å²) in [6.45, 7) is 2.00. The summed E-state index contributed by atoms with van der Waals surface area (Å²) in [7, 11) is 0. The van der Waals surface area contributed by atoms with Crippen molar-refractivity contribution >= 4 is 23.5 Å². The fourth-order valence-corrected chi connectivity index (χ4v) is 3.72. The largest absolute Gasteiger partial charge is 0.619 e. The number of carbonyl (C=O) groups is 4. The third kappa shape index (κ3) is 3.62. The van der Waals surface area contributed by atoms with Gasteiger partial charge in [-0.1, -0.05) is 6.92 Å². The monoisotopic (exact) mass is 374 g/mol. The van der Waals surface area contributed by atoms with Crippen LogP contribution in [-0.4, -0.2) is 58.5 Å². The average Bonchev–Trinajstić information content (AvgIpc) is 3.21. The van der Waals surface area contributed by atoms with Gasteiger partial charge in [0.05, 0.1) is 18.2 Å². The Balaban J connectivity index is 1.69. The summed E-state index contributed by atoms with van der Waals surface area (Å²) in [4.78, 5) is 51.9. The minimum Gasteiger partial charge on any atom is -0.619 e. The van der Waals surface area contributed by atoms with Crippen molar-refractivity contribution in [1.82, 2.24) is 9.80 Å². The molecule has 0 saturated carbocycles. The second kappa shape index (κ2) is 7.34. The van der Waals surface area contributed by atoms with Crippen LogP contribution in [0, 0.1) is 11.1 Å². The fraction of sp³-hybridized carbons (Fsp3) is 0.500. The summed E-state index contributed by atoms with van der Waals surface area (Å²) in [5.41, 5.74) is 5.55. The van der Waals surface area contributed by atoms with E-state index >= 15 is 0 Å². The third-order valence-corrected chi connectivity index (χ3v) is 5.33. The first-order chi connectivity index (χ1) is 12.8. The van der Waals surface area contributed by atoms with Crippen molar-refractivity contribution < 1.29 is 23.9 Å². The number of pyridine rings is 1. The van der Waals surface area contributed by atoms with Crippen LogP contribution in [0.5, 0.6) is 0 Å². The van der Waals surface area contributed by atoms with Crippen molar-refractivity contribution in [3.63, 3.8) is 0 Å². The lowest BCUT2D eigenvalue weighted by atomic mass is 10.0. The van der Waals surface area contributed by atoms with E-state index in [-0.39, 0.29) is 36.6 Å². The number of rotatable bonds is 5. The molecule has 2 aliphatic heterocycles. The Bertz CT molecular complexity index is 778. The van der Waals surface area contributed by atoms with Crippen molar-refractivity contribution in [3.8, 4) is 0 Å². The molecule has 3 atom stereocenters. The van der Waals surface area contributed by atoms with Crippen LogP contribution in [0.4, 0.5) is 0 Å². The zero-order chi connectivity index (χ0) is 19.7. The zero-order valence-corrected chi connectivity index (χ0v) is 15.0. The molecular formula is C18H22N4O5. The van der Waals surface area contributed by atoms with Crippen LogP contribution in [0.15, 0.2) is 24.5 Å². The Morgan fingerprint density at radius 2 is 1.96 bits per heavy atom. The van der Waals surface area contributed by atoms with E-state index in [9.17, 15) is 24.4 Å². The topological polar surface area (TPSA) is 128 Å². The number of primary amides is 1. The summed E-state index contributed by atoms with van der Waals surface area (Å²) >= 11 is 0. The average molecular weight is 374 g/mol. The second-order valence-corrected chi connectivity index (χ2v) is 7.08. The minimum absolute atomic E-state index is 0.0537. The normalized spacial score (nSPS) is 22.6. The van der Waals surface area contributed by atoms with Gasteiger partial charge in [-0.3, -0.25) is 19.2 Å². The predicted octanol–water partition coefficient (Wildman–Crippen LogP) is -0.784. The number of Topliss-reactive ketones (excluding diaryl/α,β-unsaturated/α-hetero) is 1. The smallest absolute Gasteiger partial charge is 0.255 e. The van der Waals surface area contributed by atoms with E-state index in [4.69, 9.17) is 5.73 Å². The molecule has 9 heteroatoms. The molecule has 2 N–H and O–H groups in total. The van der Waals surface area contributed by atoms with Gasteiger partial charge >= 0.3 is 0 Å². The van der Waals surface area contributed by atoms with E-state index in [1.807, 2.05) is 0 Å². The Kier molecular flexibility index (Phi) is 5.11. The molecule has 3 unspecified atom stereocenters. The number of aromatic nitrogens is 1. The van der Waals surface area contributed by atoms with Crippen molar-refractivity contribution in [3.05, 3.63) is 35.3 Å². The van der Waals surface area contributed by atoms with Gasteiger partial charge in [0, 0.05) is 31.0 Å². The van der Waals surface area contributed by atoms with E-state index in [1.165, 1.54) is 34.3 Å². The van der Waals surface area contributed by atoms with Crippen LogP contribution in [-0.2, 0) is 14.4 Å². The number of hydrogen-bond acceptors (Lipinski definition) is 5. The molecular weight excluding hydrogens is 352 g/mol. The number of ketones is 1. The molecule has 3 amide bonds. The second-order valence-electron chi connectivity index (χ2n) is 7.08. The van der Waals surface area contributed by atoms with Gasteiger partial charge in [-0.05, 0) is 12.8 Å². The van der Waals surface area contributed by atoms with Gasteiger partial charge in [0.2, 0.25) is 11.8 Å². The number of nitrogens with zero attached hydrogens (tertiary/aromatic N) is 3. The van der Waals surface area contributed by atoms with Crippen LogP contribution in [0.3, 0.4) is 0 Å². The molecule has 0 spiro atoms. The van der Waals surface area contributed by atoms with Crippen LogP contribution in [0.25, 0.3) is 0 Å². The Hall–Kier alpha value is -2.97. The van der Waals surface area contributed by atoms with Gasteiger partial charge in [-0.2, -0.15) is 4.73 Å². The molecule has 144 valence electrons. The summed E-state index contributed by atoms with van der Waals surface area (Å²) < 4.78 is 0.581. The SMILES string of the molecule is CC(CCC(=O)N1CCC2C1C(=O)CN2C(=O)c1cc[n+]([O-])cc1)C(N)=O. The summed E-state index contributed by atoms with van der Waals surface area (Å²) in [5.74, 6) is -1.57. The molecule has 0 aromatic carbocycles. The number of likely N-dealkylation sites (tertiary alicyclic amines) is 2. The molecule has 2 fully saturated rings. The maximum absolute atomic E-state index is 12.7. The van der Waals surface area contributed by atoms with E-state index in [0.717, 1.165) is 0 Å². The molecule has 3 heterocycles. The Labute approximate surface area is 156 Å². The van der Waals surface area contributed by atoms with Crippen LogP contribution >= 0.6 is 0 Å². The number of hydrogen-bond donors (Lipinski definition) is 1. The van der Waals surface area contributed by atoms with Gasteiger partial charge in [0.25, 0.3) is 5.91 Å². The Morgan fingerprint density at radius 3 is 2.59 bits per heavy atom. The lowest BCUT2D eigenvalue weighted by molar-refractivity contribution is -0.605. The molecule has 1 aromatic rings. The van der Waals surface area contributed by atoms with E-state index in [0.29, 0.717) is 29.7 Å². The maximum Gasteiger partial charge on any atom is 0.255 e. The van der Waals surface area contributed by atoms with E-state index in [2.05, 4.69) is 0 Å². The third-order valence-electron chi connectivity index (χ3n) is 5.33. The highest BCUT2D eigenvalue weighted by molar-refractivity contribution is 6.02. The standard InChI is InChI=1S/C18H22N4O5/c1-11(17(19)25)2-3-15(24)21-9-6-13-16(21)14(23)10-22(13)18(26)12-4-7-20(27)8-5-12/h4-5,7-8,11,13,16H,2-3,6,9-10H2,1H3,(H2,19,25). The van der Waals surface area contributed by atoms with Crippen LogP contribution < -0.4 is 10.5 Å². The lowest BCUT2D eigenvalue weighted by Crippen LogP contribution is -2.43. The highest BCUT2D eigenvalue weighted by atomic mass is 16.5. The van der Waals surface area contributed by atoms with Crippen molar-refractivity contribution in [2.45, 2.75) is 38.3 Å². The molecule has 9 nitrogen and oxygen atoms in total. The fourth-order valence-electron chi connectivity index (χ4n) is 3.72. The first kappa shape index (κ1) is 18.8. The predicted molar refractivity (Wildman–Crippen MR) is 92.9 cm³/mol. The number of carbonyl (C=O) groups excluding carboxylic acids is 4. The summed E-state index contributed by atoms with van der Waals surface area (Å²) in [6, 6.07) is 1.83. The summed E-state index contributed by atoms with van der Waals surface area (Å²) in [6.07, 6.45) is 3.45. The van der Waals surface area contributed by atoms with Gasteiger partial charge in [-0.15, -0.1) is 0 Å². The maximum atomic E-state index is 12.7. The quantitative estimate of drug-likeness (QED) is 0.534. The van der Waals surface area contributed by atoms with Crippen molar-refractivity contribution in [2.24, 2.45) is 11.7 Å². The lowest BCUT2D eigenvalue weighted by Gasteiger charge is -2.24. The molecule has 2 aliphatic rings. The highest BCUT2D eigenvalue weighted by Crippen LogP contribution is 2.31. The number of fused-ring (bicyclic) bond motifs is 1. The van der Waals surface area contributed by atoms with Crippen molar-refractivity contribution in [1.29, 1.82) is 0 Å². The molecule has 2 saturated heterocycles. The molecule has 0 aliphatic carbocycles. The molecule has 0 radical (unpaired) electrons. The molecule has 27 heavy (non-hydrogen) atoms. The minimum atomic E-state index is -0.640. The summed E-state index contributed by atoms with van der Waals surface area (Å²) in [5, 5.41) is 11.1. The van der Waals surface area contributed by atoms with Gasteiger partial charge < -0.3 is 20.7 Å². The molecule has 1 aromatic heterocycles. The van der Waals surface area contributed by atoms with Gasteiger partial charge in [0.15, 0.2) is 18.2 Å². The van der Waals surface area contributed by atoms with Crippen LogP contribution in [0.2, 0.25) is 0 Å². The first-order valence-electron chi connectivity index (χ1n) is 8.91. The highest BCUT2D eigenvalue weighted by Gasteiger charge is 2.51. The van der Waals surface area contributed by atoms with E-state index < -0.39 is 17.9 Å². The first-order valence-corrected chi connectivity index (χ1v) is 8.91. The van der Waals surface area contributed by atoms with Crippen LogP contribution in [0.1, 0.15) is 36.5 Å². The Morgan fingerprint density at radius 1 is 1.30 bits per heavy atom. The molecule has 0 bridgehead atoms. The van der Waals surface area contributed by atoms with Crippen molar-refractivity contribution in [2.75, 3.05) is 13.1 Å². The number of nitrogens with two attached hydrogens (primary N) is 1. The number of amides is 3. The van der Waals surface area contributed by atoms with Gasteiger partial charge in [-0.25, -0.2) is 0 Å². The van der Waals surface area contributed by atoms with E-state index in [1.54, 1.807) is 6.92 Å².